The van der Waals surface area contributed by atoms with Crippen molar-refractivity contribution in [2.24, 2.45) is 0 Å². The van der Waals surface area contributed by atoms with Crippen LogP contribution in [0.3, 0.4) is 0 Å². The Hall–Kier alpha value is 2.17. The second-order valence-electron chi connectivity index (χ2n) is 3.21. The lowest BCUT2D eigenvalue weighted by atomic mass is 10.2. The first-order valence-electron chi connectivity index (χ1n) is 4.69. The topological polar surface area (TPSA) is 0 Å². The number of hydrogen-bond acceptors (Lipinski definition) is 0. The summed E-state index contributed by atoms with van der Waals surface area (Å²) in [6.45, 7) is 3.80. The predicted octanol–water partition coefficient (Wildman–Crippen LogP) is 6.49. The van der Waals surface area contributed by atoms with Crippen LogP contribution < -0.4 is 0 Å². The Kier molecular flexibility index (Phi) is 13.2. The first kappa shape index (κ1) is 19.5. The van der Waals surface area contributed by atoms with Gasteiger partial charge in [-0.25, -0.2) is 0 Å². The highest BCUT2D eigenvalue weighted by Crippen LogP contribution is 2.27. The first-order valence-corrected chi connectivity index (χ1v) is 15.5. The van der Waals surface area contributed by atoms with Crippen LogP contribution in [0.1, 0.15) is 32.6 Å². The van der Waals surface area contributed by atoms with Gasteiger partial charge in [0.25, 0.3) is 0 Å². The molecule has 0 fully saturated rings. The summed E-state index contributed by atoms with van der Waals surface area (Å²) in [5.41, 5.74) is 0. The fraction of sp³-hybridized carbons (Fsp3) is 1.00. The molecule has 15 heavy (non-hydrogen) atoms. The zero-order chi connectivity index (χ0) is 12.5. The van der Waals surface area contributed by atoms with Gasteiger partial charge in [-0.15, -0.1) is 66.5 Å². The zero-order valence-corrected chi connectivity index (χ0v) is 15.3. The minimum atomic E-state index is -2.29. The lowest BCUT2D eigenvalue weighted by Crippen LogP contribution is -2.07. The van der Waals surface area contributed by atoms with Crippen molar-refractivity contribution in [3.63, 3.8) is 0 Å². The molecule has 0 saturated heterocycles. The molecule has 0 radical (unpaired) electrons. The van der Waals surface area contributed by atoms with Gasteiger partial charge < -0.3 is 0 Å². The molecule has 0 aromatic carbocycles. The Balaban J connectivity index is 0. The van der Waals surface area contributed by atoms with Gasteiger partial charge in [0.2, 0.25) is 0 Å². The molecule has 0 rings (SSSR count). The highest BCUT2D eigenvalue weighted by Gasteiger charge is 2.23. The van der Waals surface area contributed by atoms with Gasteiger partial charge in [0.15, 0.2) is 0 Å². The van der Waals surface area contributed by atoms with Gasteiger partial charge in [-0.3, -0.25) is 0 Å². The van der Waals surface area contributed by atoms with Crippen LogP contribution in [0.15, 0.2) is 0 Å². The van der Waals surface area contributed by atoms with Gasteiger partial charge in [-0.05, 0) is 12.6 Å². The van der Waals surface area contributed by atoms with Crippen molar-refractivity contribution in [1.29, 1.82) is 0 Å². The second-order valence-corrected chi connectivity index (χ2v) is 22.6. The largest absolute Gasteiger partial charge is 0.341 e. The Morgan fingerprint density at radius 1 is 0.800 bits per heavy atom. The van der Waals surface area contributed by atoms with Crippen LogP contribution in [0.5, 0.6) is 0 Å². The molecule has 0 aliphatic rings. The fourth-order valence-electron chi connectivity index (χ4n) is 0.752. The standard InChI is InChI=1S/C6H13Cl3Si.CH3Cl3Si/c1-2-3-4-5-6-10(7,8)9;1-5(2,3)4/h2-6H2,1H3;1H3. The van der Waals surface area contributed by atoms with E-state index in [1.807, 2.05) is 0 Å². The van der Waals surface area contributed by atoms with E-state index >= 15 is 0 Å². The summed E-state index contributed by atoms with van der Waals surface area (Å²) < 4.78 is 0. The molecule has 0 heterocycles. The molecule has 0 saturated carbocycles. The molecule has 94 valence electrons. The summed E-state index contributed by atoms with van der Waals surface area (Å²) in [5, 5.41) is 0. The third-order valence-electron chi connectivity index (χ3n) is 1.31. The zero-order valence-electron chi connectivity index (χ0n) is 8.80. The van der Waals surface area contributed by atoms with Crippen LogP contribution in [0.4, 0.5) is 0 Å². The third-order valence-corrected chi connectivity index (χ3v) is 3.94. The average Bonchev–Trinajstić information content (AvgIpc) is 1.93. The van der Waals surface area contributed by atoms with Crippen LogP contribution in [0.25, 0.3) is 0 Å². The molecule has 0 N–H and O–H groups in total. The van der Waals surface area contributed by atoms with E-state index in [4.69, 9.17) is 66.5 Å². The Labute approximate surface area is 123 Å². The van der Waals surface area contributed by atoms with Crippen LogP contribution in [-0.4, -0.2) is 12.0 Å². The highest BCUT2D eigenvalue weighted by molar-refractivity contribution is 7.65. The molecule has 0 aliphatic heterocycles. The van der Waals surface area contributed by atoms with Gasteiger partial charge in [-0.2, -0.15) is 0 Å². The van der Waals surface area contributed by atoms with Gasteiger partial charge in [0, 0.05) is 0 Å². The van der Waals surface area contributed by atoms with Crippen molar-refractivity contribution in [2.45, 2.75) is 45.2 Å². The molecule has 0 amide bonds. The number of hydrogen-bond donors (Lipinski definition) is 0. The lowest BCUT2D eigenvalue weighted by molar-refractivity contribution is 0.700. The molecule has 0 aliphatic carbocycles. The van der Waals surface area contributed by atoms with Gasteiger partial charge in [-0.1, -0.05) is 32.6 Å². The highest BCUT2D eigenvalue weighted by atomic mass is 35.8. The van der Waals surface area contributed by atoms with Crippen LogP contribution >= 0.6 is 66.5 Å². The smallest absolute Gasteiger partial charge is 0.126 e. The molecular formula is C7H16Cl6Si2. The van der Waals surface area contributed by atoms with Gasteiger partial charge in [0.1, 0.15) is 0 Å². The molecule has 0 unspecified atom stereocenters. The third kappa shape index (κ3) is 38.6. The van der Waals surface area contributed by atoms with E-state index in [1.54, 1.807) is 6.55 Å². The monoisotopic (exact) mass is 366 g/mol. The minimum Gasteiger partial charge on any atom is -0.126 e. The molecule has 8 heteroatoms. The number of unbranched alkanes of at least 4 members (excludes halogenated alkanes) is 3. The Bertz CT molecular complexity index is 135. The molecular weight excluding hydrogens is 353 g/mol. The summed E-state index contributed by atoms with van der Waals surface area (Å²) in [6.07, 6.45) is 4.78. The van der Waals surface area contributed by atoms with E-state index in [2.05, 4.69) is 6.92 Å². The molecule has 0 nitrogen and oxygen atoms in total. The fourth-order valence-corrected chi connectivity index (χ4v) is 2.61. The maximum absolute atomic E-state index is 5.68. The summed E-state index contributed by atoms with van der Waals surface area (Å²) in [6, 6.07) is -3.67. The summed E-state index contributed by atoms with van der Waals surface area (Å²) in [4.78, 5) is 0. The van der Waals surface area contributed by atoms with Crippen molar-refractivity contribution >= 4 is 78.5 Å². The minimum absolute atomic E-state index is 0.817. The van der Waals surface area contributed by atoms with Crippen molar-refractivity contribution in [3.8, 4) is 0 Å². The molecule has 0 aromatic rings. The van der Waals surface area contributed by atoms with Crippen molar-refractivity contribution in [1.82, 2.24) is 0 Å². The van der Waals surface area contributed by atoms with E-state index < -0.39 is 12.0 Å². The van der Waals surface area contributed by atoms with E-state index in [9.17, 15) is 0 Å². The number of halogens is 6. The van der Waals surface area contributed by atoms with E-state index in [-0.39, 0.29) is 0 Å². The average molecular weight is 369 g/mol. The van der Waals surface area contributed by atoms with E-state index in [0.717, 1.165) is 12.5 Å². The molecule has 0 atom stereocenters. The lowest BCUT2D eigenvalue weighted by Gasteiger charge is -2.05. The molecule has 0 spiro atoms. The molecule has 0 aromatic heterocycles. The van der Waals surface area contributed by atoms with Crippen LogP contribution in [-0.2, 0) is 0 Å². The summed E-state index contributed by atoms with van der Waals surface area (Å²) >= 11 is 32.6. The first-order chi connectivity index (χ1) is 6.56. The summed E-state index contributed by atoms with van der Waals surface area (Å²) in [5.74, 6) is 0. The number of rotatable bonds is 5. The predicted molar refractivity (Wildman–Crippen MR) is 81.4 cm³/mol. The molecule has 0 bridgehead atoms. The SMILES string of the molecule is CCCCCC[Si](Cl)(Cl)Cl.C[Si](Cl)(Cl)Cl. The van der Waals surface area contributed by atoms with Crippen molar-refractivity contribution in [3.05, 3.63) is 0 Å². The van der Waals surface area contributed by atoms with E-state index in [0.29, 0.717) is 0 Å². The van der Waals surface area contributed by atoms with Crippen LogP contribution in [0, 0.1) is 0 Å². The maximum Gasteiger partial charge on any atom is 0.341 e. The maximum atomic E-state index is 5.68. The quantitative estimate of drug-likeness (QED) is 0.295. The normalized spacial score (nSPS) is 12.0. The van der Waals surface area contributed by atoms with Gasteiger partial charge >= 0.3 is 12.0 Å². The van der Waals surface area contributed by atoms with Crippen molar-refractivity contribution in [2.75, 3.05) is 0 Å². The summed E-state index contributed by atoms with van der Waals surface area (Å²) in [7, 11) is 0. The van der Waals surface area contributed by atoms with E-state index in [1.165, 1.54) is 19.3 Å². The van der Waals surface area contributed by atoms with Crippen molar-refractivity contribution < 1.29 is 0 Å². The Morgan fingerprint density at radius 3 is 1.47 bits per heavy atom. The van der Waals surface area contributed by atoms with Crippen LogP contribution in [0.2, 0.25) is 12.6 Å². The Morgan fingerprint density at radius 2 is 1.20 bits per heavy atom. The second kappa shape index (κ2) is 10.1. The van der Waals surface area contributed by atoms with Gasteiger partial charge in [0.05, 0.1) is 0 Å².